The van der Waals surface area contributed by atoms with E-state index < -0.39 is 0 Å². The number of anilines is 2. The van der Waals surface area contributed by atoms with E-state index in [2.05, 4.69) is 40.3 Å². The van der Waals surface area contributed by atoms with Crippen LogP contribution in [0.1, 0.15) is 11.1 Å². The van der Waals surface area contributed by atoms with Crippen LogP contribution >= 0.6 is 35.6 Å². The van der Waals surface area contributed by atoms with Gasteiger partial charge in [0.2, 0.25) is 0 Å². The number of ether oxygens (including phenoxy) is 1. The van der Waals surface area contributed by atoms with E-state index in [-0.39, 0.29) is 24.0 Å². The van der Waals surface area contributed by atoms with Crippen LogP contribution in [0.5, 0.6) is 5.75 Å². The number of hydrogen-bond donors (Lipinski definition) is 2. The molecule has 0 aromatic heterocycles. The first-order chi connectivity index (χ1) is 11.4. The molecule has 0 saturated heterocycles. The molecule has 0 saturated carbocycles. The summed E-state index contributed by atoms with van der Waals surface area (Å²) in [5, 5.41) is 3.55. The molecular formula is C18H24ClIN4O. The van der Waals surface area contributed by atoms with Crippen molar-refractivity contribution in [1.29, 1.82) is 0 Å². The summed E-state index contributed by atoms with van der Waals surface area (Å²) in [7, 11) is 5.62. The highest BCUT2D eigenvalue weighted by Gasteiger charge is 2.04. The zero-order chi connectivity index (χ0) is 17.7. The summed E-state index contributed by atoms with van der Waals surface area (Å²) >= 11 is 6.10. The van der Waals surface area contributed by atoms with E-state index in [1.165, 1.54) is 11.3 Å². The van der Waals surface area contributed by atoms with Crippen molar-refractivity contribution in [2.75, 3.05) is 31.4 Å². The third-order valence-electron chi connectivity index (χ3n) is 3.69. The quantitative estimate of drug-likeness (QED) is 0.386. The van der Waals surface area contributed by atoms with Crippen LogP contribution in [0.4, 0.5) is 11.4 Å². The second kappa shape index (κ2) is 9.72. The molecular weight excluding hydrogens is 451 g/mol. The summed E-state index contributed by atoms with van der Waals surface area (Å²) in [6.45, 7) is 2.59. The van der Waals surface area contributed by atoms with Crippen LogP contribution in [0.2, 0.25) is 5.02 Å². The number of hydrogen-bond acceptors (Lipinski definition) is 3. The van der Waals surface area contributed by atoms with Crippen molar-refractivity contribution >= 4 is 52.9 Å². The number of nitrogens with two attached hydrogens (primary N) is 1. The van der Waals surface area contributed by atoms with Crippen LogP contribution in [0.3, 0.4) is 0 Å². The maximum Gasteiger partial charge on any atom is 0.193 e. The Morgan fingerprint density at radius 1 is 1.24 bits per heavy atom. The number of aryl methyl sites for hydroxylation is 1. The number of methoxy groups -OCH3 is 1. The topological polar surface area (TPSA) is 62.9 Å². The average molecular weight is 475 g/mol. The minimum atomic E-state index is 0. The molecule has 2 aromatic carbocycles. The molecule has 2 aromatic rings. The predicted molar refractivity (Wildman–Crippen MR) is 118 cm³/mol. The largest absolute Gasteiger partial charge is 0.495 e. The zero-order valence-electron chi connectivity index (χ0n) is 14.8. The third kappa shape index (κ3) is 5.97. The lowest BCUT2D eigenvalue weighted by molar-refractivity contribution is 0.415. The highest BCUT2D eigenvalue weighted by atomic mass is 127. The summed E-state index contributed by atoms with van der Waals surface area (Å²) in [5.41, 5.74) is 10.2. The fourth-order valence-corrected chi connectivity index (χ4v) is 2.50. The first kappa shape index (κ1) is 21.4. The summed E-state index contributed by atoms with van der Waals surface area (Å²) in [5.74, 6) is 0.960. The Labute approximate surface area is 171 Å². The van der Waals surface area contributed by atoms with E-state index in [1.54, 1.807) is 19.2 Å². The molecule has 0 aliphatic carbocycles. The summed E-state index contributed by atoms with van der Waals surface area (Å²) in [4.78, 5) is 6.47. The molecule has 0 aliphatic heterocycles. The molecule has 0 unspecified atom stereocenters. The minimum Gasteiger partial charge on any atom is -0.495 e. The maximum atomic E-state index is 6.10. The third-order valence-corrected chi connectivity index (χ3v) is 3.98. The van der Waals surface area contributed by atoms with Gasteiger partial charge in [-0.25, -0.2) is 4.99 Å². The fraction of sp³-hybridized carbons (Fsp3) is 0.278. The Morgan fingerprint density at radius 3 is 2.52 bits per heavy atom. The maximum absolute atomic E-state index is 6.10. The van der Waals surface area contributed by atoms with Gasteiger partial charge in [-0.3, -0.25) is 0 Å². The number of guanidine groups is 1. The average Bonchev–Trinajstić information content (AvgIpc) is 2.53. The van der Waals surface area contributed by atoms with Gasteiger partial charge in [-0.1, -0.05) is 17.7 Å². The van der Waals surface area contributed by atoms with Gasteiger partial charge in [-0.2, -0.15) is 0 Å². The summed E-state index contributed by atoms with van der Waals surface area (Å²) < 4.78 is 5.13. The van der Waals surface area contributed by atoms with Crippen LogP contribution in [-0.4, -0.2) is 27.2 Å². The van der Waals surface area contributed by atoms with E-state index >= 15 is 0 Å². The first-order valence-corrected chi connectivity index (χ1v) is 7.96. The summed E-state index contributed by atoms with van der Waals surface area (Å²) in [6, 6.07) is 11.7. The van der Waals surface area contributed by atoms with Gasteiger partial charge >= 0.3 is 0 Å². The van der Waals surface area contributed by atoms with Crippen molar-refractivity contribution < 1.29 is 4.74 Å². The van der Waals surface area contributed by atoms with Crippen molar-refractivity contribution in [3.8, 4) is 5.75 Å². The molecule has 2 rings (SSSR count). The highest BCUT2D eigenvalue weighted by Crippen LogP contribution is 2.27. The molecule has 0 radical (unpaired) electrons. The van der Waals surface area contributed by atoms with E-state index in [9.17, 15) is 0 Å². The molecule has 0 fully saturated rings. The summed E-state index contributed by atoms with van der Waals surface area (Å²) in [6.07, 6.45) is 0. The second-order valence-electron chi connectivity index (χ2n) is 5.68. The smallest absolute Gasteiger partial charge is 0.193 e. The lowest BCUT2D eigenvalue weighted by Crippen LogP contribution is -2.22. The Balaban J connectivity index is 0.00000312. The number of rotatable bonds is 5. The molecule has 136 valence electrons. The Kier molecular flexibility index (Phi) is 8.31. The number of halogens is 2. The van der Waals surface area contributed by atoms with Gasteiger partial charge in [-0.05, 0) is 48.4 Å². The van der Waals surface area contributed by atoms with Crippen LogP contribution in [-0.2, 0) is 6.54 Å². The van der Waals surface area contributed by atoms with Gasteiger partial charge in [0.15, 0.2) is 5.96 Å². The standard InChI is InChI=1S/C18H23ClN4O.HI/c1-12-9-15(23(2)3)7-5-13(12)11-21-18(20)22-14-6-8-17(24-4)16(19)10-14;/h5-10H,11H2,1-4H3,(H3,20,21,22);1H. The number of aliphatic imine (C=N–C) groups is 1. The molecule has 3 N–H and O–H groups in total. The second-order valence-corrected chi connectivity index (χ2v) is 6.09. The normalized spacial score (nSPS) is 10.8. The Hall–Kier alpha value is -1.67. The monoisotopic (exact) mass is 474 g/mol. The van der Waals surface area contributed by atoms with Gasteiger partial charge in [0.05, 0.1) is 18.7 Å². The van der Waals surface area contributed by atoms with E-state index in [0.29, 0.717) is 23.3 Å². The Morgan fingerprint density at radius 2 is 1.96 bits per heavy atom. The Bertz CT molecular complexity index is 750. The molecule has 7 heteroatoms. The van der Waals surface area contributed by atoms with Gasteiger partial charge in [-0.15, -0.1) is 24.0 Å². The van der Waals surface area contributed by atoms with Gasteiger partial charge in [0.25, 0.3) is 0 Å². The first-order valence-electron chi connectivity index (χ1n) is 7.58. The van der Waals surface area contributed by atoms with Crippen molar-refractivity contribution in [3.63, 3.8) is 0 Å². The van der Waals surface area contributed by atoms with Crippen molar-refractivity contribution in [1.82, 2.24) is 0 Å². The lowest BCUT2D eigenvalue weighted by atomic mass is 10.1. The van der Waals surface area contributed by atoms with Gasteiger partial charge in [0.1, 0.15) is 5.75 Å². The van der Waals surface area contributed by atoms with Crippen LogP contribution < -0.4 is 20.7 Å². The minimum absolute atomic E-state index is 0. The number of benzene rings is 2. The van der Waals surface area contributed by atoms with Crippen molar-refractivity contribution in [2.24, 2.45) is 10.7 Å². The molecule has 0 spiro atoms. The molecule has 0 bridgehead atoms. The molecule has 0 heterocycles. The van der Waals surface area contributed by atoms with Gasteiger partial charge in [0, 0.05) is 25.5 Å². The van der Waals surface area contributed by atoms with Crippen LogP contribution in [0, 0.1) is 6.92 Å². The molecule has 0 atom stereocenters. The molecule has 0 amide bonds. The van der Waals surface area contributed by atoms with E-state index in [4.69, 9.17) is 22.1 Å². The SMILES string of the molecule is COc1ccc(NC(N)=NCc2ccc(N(C)C)cc2C)cc1Cl.I. The van der Waals surface area contributed by atoms with Crippen LogP contribution in [0.15, 0.2) is 41.4 Å². The van der Waals surface area contributed by atoms with Crippen molar-refractivity contribution in [2.45, 2.75) is 13.5 Å². The van der Waals surface area contributed by atoms with E-state index in [1.807, 2.05) is 20.2 Å². The number of nitrogens with one attached hydrogen (secondary N) is 1. The van der Waals surface area contributed by atoms with Gasteiger partial charge < -0.3 is 20.7 Å². The van der Waals surface area contributed by atoms with Crippen molar-refractivity contribution in [3.05, 3.63) is 52.5 Å². The predicted octanol–water partition coefficient (Wildman–Crippen LogP) is 4.27. The fourth-order valence-electron chi connectivity index (χ4n) is 2.24. The zero-order valence-corrected chi connectivity index (χ0v) is 17.9. The lowest BCUT2D eigenvalue weighted by Gasteiger charge is -2.14. The van der Waals surface area contributed by atoms with Crippen LogP contribution in [0.25, 0.3) is 0 Å². The molecule has 25 heavy (non-hydrogen) atoms. The van der Waals surface area contributed by atoms with E-state index in [0.717, 1.165) is 11.3 Å². The highest BCUT2D eigenvalue weighted by molar-refractivity contribution is 14.0. The molecule has 5 nitrogen and oxygen atoms in total. The molecule has 0 aliphatic rings. The number of nitrogens with zero attached hydrogens (tertiary/aromatic N) is 2.